The molecular weight excluding hydrogens is 422 g/mol. The first-order valence-corrected chi connectivity index (χ1v) is 12.0. The van der Waals surface area contributed by atoms with Gasteiger partial charge in [-0.25, -0.2) is 0 Å². The number of carboxylic acids is 1. The Bertz CT molecular complexity index is 740. The summed E-state index contributed by atoms with van der Waals surface area (Å²) in [6, 6.07) is 2.08. The molecule has 1 unspecified atom stereocenters. The number of carbonyl (C=O) groups excluding carboxylic acids is 1. The van der Waals surface area contributed by atoms with E-state index in [0.29, 0.717) is 11.8 Å². The quantitative estimate of drug-likeness (QED) is 0.534. The van der Waals surface area contributed by atoms with Crippen LogP contribution in [0.15, 0.2) is 23.8 Å². The van der Waals surface area contributed by atoms with Crippen LogP contribution < -0.4 is 0 Å². The van der Waals surface area contributed by atoms with E-state index in [2.05, 4.69) is 19.9 Å². The number of rotatable bonds is 3. The number of nitrogens with zero attached hydrogens (tertiary/aromatic N) is 1. The summed E-state index contributed by atoms with van der Waals surface area (Å²) in [6.07, 6.45) is 4.93. The molecule has 0 radical (unpaired) electrons. The van der Waals surface area contributed by atoms with Gasteiger partial charge in [-0.3, -0.25) is 9.59 Å². The molecule has 0 fully saturated rings. The lowest BCUT2D eigenvalue weighted by Crippen LogP contribution is -2.30. The van der Waals surface area contributed by atoms with Crippen molar-refractivity contribution in [3.63, 3.8) is 0 Å². The van der Waals surface area contributed by atoms with E-state index >= 15 is 0 Å². The van der Waals surface area contributed by atoms with Crippen LogP contribution in [0.4, 0.5) is 0 Å². The van der Waals surface area contributed by atoms with Gasteiger partial charge in [0.25, 0.3) is 0 Å². The monoisotopic (exact) mass is 463 g/mol. The lowest BCUT2D eigenvalue weighted by Gasteiger charge is -2.27. The second kappa shape index (κ2) is 14.2. The molecule has 0 spiro atoms. The Morgan fingerprint density at radius 1 is 1.15 bits per heavy atom. The third-order valence-electron chi connectivity index (χ3n) is 6.57. The molecule has 1 aliphatic rings. The van der Waals surface area contributed by atoms with Gasteiger partial charge in [0.05, 0.1) is 36.7 Å². The Morgan fingerprint density at radius 2 is 1.76 bits per heavy atom. The molecule has 0 aliphatic carbocycles. The predicted molar refractivity (Wildman–Crippen MR) is 126 cm³/mol. The Balaban J connectivity index is 3.16. The lowest BCUT2D eigenvalue weighted by molar-refractivity contribution is -0.156. The SMILES string of the molecule is C[C@@H]1C[C@H](C)C[C@H](C)[C@@H](O)CC(=O)OC([C@H](C)CC(=O)O)C/C=C/C=C(/C#N)[C@H](O)[C@@H](C)C1. The van der Waals surface area contributed by atoms with Crippen molar-refractivity contribution in [2.45, 2.75) is 91.5 Å². The average molecular weight is 464 g/mol. The summed E-state index contributed by atoms with van der Waals surface area (Å²) in [5.41, 5.74) is 0.268. The Hall–Kier alpha value is -2.17. The first-order chi connectivity index (χ1) is 15.4. The Morgan fingerprint density at radius 3 is 2.33 bits per heavy atom. The van der Waals surface area contributed by atoms with Crippen molar-refractivity contribution in [2.75, 3.05) is 0 Å². The summed E-state index contributed by atoms with van der Waals surface area (Å²) in [5.74, 6) is -1.48. The zero-order valence-electron chi connectivity index (χ0n) is 20.6. The molecule has 3 N–H and O–H groups in total. The molecule has 7 heteroatoms. The average Bonchev–Trinajstić information content (AvgIpc) is 2.70. The van der Waals surface area contributed by atoms with Crippen molar-refractivity contribution in [3.8, 4) is 6.07 Å². The molecule has 0 amide bonds. The van der Waals surface area contributed by atoms with E-state index in [-0.39, 0.29) is 36.7 Å². The minimum Gasteiger partial charge on any atom is -0.481 e. The highest BCUT2D eigenvalue weighted by Gasteiger charge is 2.27. The van der Waals surface area contributed by atoms with E-state index < -0.39 is 36.2 Å². The largest absolute Gasteiger partial charge is 0.481 e. The van der Waals surface area contributed by atoms with Gasteiger partial charge in [-0.15, -0.1) is 0 Å². The first-order valence-electron chi connectivity index (χ1n) is 12.0. The van der Waals surface area contributed by atoms with Crippen LogP contribution >= 0.6 is 0 Å². The minimum atomic E-state index is -0.984. The number of carbonyl (C=O) groups is 2. The van der Waals surface area contributed by atoms with Crippen LogP contribution in [0.2, 0.25) is 0 Å². The van der Waals surface area contributed by atoms with Gasteiger partial charge in [0, 0.05) is 12.3 Å². The van der Waals surface area contributed by atoms with Gasteiger partial charge in [0.2, 0.25) is 0 Å². The van der Waals surface area contributed by atoms with Crippen LogP contribution in [-0.4, -0.2) is 45.6 Å². The standard InChI is InChI=1S/C26H41NO6/c1-16-10-17(2)12-20(5)26(32)21(15-27)8-6-7-9-23(19(4)13-24(29)30)33-25(31)14-22(28)18(3)11-16/h6-8,16-20,22-23,26,28,32H,9-14H2,1-5H3,(H,29,30)/b7-6+,21-8-/t16-,17+,18-,19+,20-,22-,23?,26+/m0/s1. The molecule has 33 heavy (non-hydrogen) atoms. The summed E-state index contributed by atoms with van der Waals surface area (Å²) in [7, 11) is 0. The molecule has 7 nitrogen and oxygen atoms in total. The lowest BCUT2D eigenvalue weighted by atomic mass is 9.82. The highest BCUT2D eigenvalue weighted by molar-refractivity contribution is 5.70. The minimum absolute atomic E-state index is 0.0855. The van der Waals surface area contributed by atoms with Gasteiger partial charge in [-0.2, -0.15) is 5.26 Å². The Labute approximate surface area is 198 Å². The molecule has 0 aromatic heterocycles. The van der Waals surface area contributed by atoms with E-state index in [1.54, 1.807) is 25.2 Å². The molecule has 0 aromatic rings. The molecule has 186 valence electrons. The van der Waals surface area contributed by atoms with E-state index in [1.807, 2.05) is 13.8 Å². The van der Waals surface area contributed by atoms with E-state index in [4.69, 9.17) is 9.84 Å². The molecule has 8 atom stereocenters. The van der Waals surface area contributed by atoms with Crippen molar-refractivity contribution in [3.05, 3.63) is 23.8 Å². The zero-order valence-corrected chi connectivity index (χ0v) is 20.6. The third kappa shape index (κ3) is 10.5. The van der Waals surface area contributed by atoms with E-state index in [9.17, 15) is 25.1 Å². The summed E-state index contributed by atoms with van der Waals surface area (Å²) >= 11 is 0. The molecule has 1 rings (SSSR count). The van der Waals surface area contributed by atoms with Crippen molar-refractivity contribution >= 4 is 11.9 Å². The number of carboxylic acid groups (broad SMARTS) is 1. The number of ether oxygens (including phenoxy) is 1. The van der Waals surface area contributed by atoms with Crippen LogP contribution in [0.1, 0.15) is 73.1 Å². The van der Waals surface area contributed by atoms with Crippen LogP contribution in [0.25, 0.3) is 0 Å². The topological polar surface area (TPSA) is 128 Å². The van der Waals surface area contributed by atoms with Crippen molar-refractivity contribution in [1.82, 2.24) is 0 Å². The highest BCUT2D eigenvalue weighted by atomic mass is 16.5. The summed E-state index contributed by atoms with van der Waals surface area (Å²) in [4.78, 5) is 23.7. The number of cyclic esters (lactones) is 1. The summed E-state index contributed by atoms with van der Waals surface area (Å²) in [6.45, 7) is 9.81. The fourth-order valence-corrected chi connectivity index (χ4v) is 4.72. The van der Waals surface area contributed by atoms with Crippen LogP contribution in [-0.2, 0) is 14.3 Å². The fourth-order valence-electron chi connectivity index (χ4n) is 4.72. The number of allylic oxidation sites excluding steroid dienone is 2. The van der Waals surface area contributed by atoms with E-state index in [1.165, 1.54) is 0 Å². The summed E-state index contributed by atoms with van der Waals surface area (Å²) < 4.78 is 5.56. The number of aliphatic hydroxyl groups is 2. The number of hydrogen-bond donors (Lipinski definition) is 3. The smallest absolute Gasteiger partial charge is 0.308 e. The summed E-state index contributed by atoms with van der Waals surface area (Å²) in [5, 5.41) is 39.9. The maximum absolute atomic E-state index is 12.5. The van der Waals surface area contributed by atoms with Crippen molar-refractivity contribution < 1.29 is 29.6 Å². The normalized spacial score (nSPS) is 36.7. The van der Waals surface area contributed by atoms with Crippen molar-refractivity contribution in [2.24, 2.45) is 29.6 Å². The number of hydrogen-bond acceptors (Lipinski definition) is 6. The van der Waals surface area contributed by atoms with Crippen LogP contribution in [0.3, 0.4) is 0 Å². The number of aliphatic hydroxyl groups excluding tert-OH is 2. The third-order valence-corrected chi connectivity index (χ3v) is 6.57. The molecular formula is C26H41NO6. The number of esters is 1. The van der Waals surface area contributed by atoms with Gasteiger partial charge < -0.3 is 20.1 Å². The molecule has 0 saturated carbocycles. The second-order valence-electron chi connectivity index (χ2n) is 10.1. The molecule has 1 heterocycles. The van der Waals surface area contributed by atoms with E-state index in [0.717, 1.165) is 19.3 Å². The van der Waals surface area contributed by atoms with Crippen LogP contribution in [0, 0.1) is 40.9 Å². The number of aliphatic carboxylic acids is 1. The van der Waals surface area contributed by atoms with Crippen LogP contribution in [0.5, 0.6) is 0 Å². The number of nitriles is 1. The molecule has 1 aliphatic heterocycles. The van der Waals surface area contributed by atoms with Gasteiger partial charge in [-0.1, -0.05) is 46.8 Å². The predicted octanol–water partition coefficient (Wildman–Crippen LogP) is 4.25. The first kappa shape index (κ1) is 28.9. The maximum Gasteiger partial charge on any atom is 0.308 e. The maximum atomic E-state index is 12.5. The second-order valence-corrected chi connectivity index (χ2v) is 10.1. The van der Waals surface area contributed by atoms with Gasteiger partial charge in [0.1, 0.15) is 6.10 Å². The highest BCUT2D eigenvalue weighted by Crippen LogP contribution is 2.28. The van der Waals surface area contributed by atoms with Gasteiger partial charge in [-0.05, 0) is 49.0 Å². The van der Waals surface area contributed by atoms with Gasteiger partial charge in [0.15, 0.2) is 0 Å². The molecule has 0 aromatic carbocycles. The molecule has 0 saturated heterocycles. The van der Waals surface area contributed by atoms with Gasteiger partial charge >= 0.3 is 11.9 Å². The Kier molecular flexibility index (Phi) is 12.4. The van der Waals surface area contributed by atoms with Crippen molar-refractivity contribution in [1.29, 1.82) is 5.26 Å². The molecule has 0 bridgehead atoms. The fraction of sp³-hybridized carbons (Fsp3) is 0.731. The zero-order chi connectivity index (χ0) is 25.1.